The normalized spacial score (nSPS) is 12.9. The van der Waals surface area contributed by atoms with E-state index in [0.29, 0.717) is 26.2 Å². The zero-order chi connectivity index (χ0) is 55.4. The molecule has 77 heavy (non-hydrogen) atoms. The van der Waals surface area contributed by atoms with Gasteiger partial charge in [-0.1, -0.05) is 144 Å². The summed E-state index contributed by atoms with van der Waals surface area (Å²) in [6, 6.07) is 38.2. The highest BCUT2D eigenvalue weighted by Gasteiger charge is 2.32. The van der Waals surface area contributed by atoms with Crippen molar-refractivity contribution in [2.75, 3.05) is 13.1 Å². The molecule has 0 aliphatic rings. The molecule has 0 radical (unpaired) electrons. The van der Waals surface area contributed by atoms with Gasteiger partial charge in [-0.25, -0.2) is 0 Å². The van der Waals surface area contributed by atoms with Crippen molar-refractivity contribution in [3.05, 3.63) is 177 Å². The molecule has 6 aromatic rings. The second-order valence-corrected chi connectivity index (χ2v) is 19.8. The average Bonchev–Trinajstić information content (AvgIpc) is 3.41. The van der Waals surface area contributed by atoms with E-state index in [9.17, 15) is 24.0 Å². The summed E-state index contributed by atoms with van der Waals surface area (Å²) in [6.07, 6.45) is 0.691. The van der Waals surface area contributed by atoms with Crippen LogP contribution < -0.4 is 54.8 Å². The summed E-state index contributed by atoms with van der Waals surface area (Å²) in [4.78, 5) is 70.3. The van der Waals surface area contributed by atoms with Crippen LogP contribution in [0.1, 0.15) is 42.4 Å². The Balaban J connectivity index is 1.23. The summed E-state index contributed by atoms with van der Waals surface area (Å²) >= 11 is 18.3. The van der Waals surface area contributed by atoms with Crippen LogP contribution in [0.4, 0.5) is 0 Å². The number of amides is 5. The molecule has 0 aromatic heterocycles. The molecule has 20 heteroatoms. The summed E-state index contributed by atoms with van der Waals surface area (Å²) in [5.41, 5.74) is 31.0. The molecule has 0 spiro atoms. The Morgan fingerprint density at radius 2 is 0.662 bits per heavy atom. The quantitative estimate of drug-likeness (QED) is 0.0172. The molecule has 0 saturated carbocycles. The Morgan fingerprint density at radius 3 is 1.00 bits per heavy atom. The summed E-state index contributed by atoms with van der Waals surface area (Å²) in [7, 11) is 0. The first kappa shape index (κ1) is 58.3. The Bertz CT molecular complexity index is 2970. The number of benzene rings is 6. The highest BCUT2D eigenvalue weighted by molar-refractivity contribution is 6.31. The number of nitrogens with one attached hydrogen (secondary N) is 8. The molecule has 16 N–H and O–H groups in total. The van der Waals surface area contributed by atoms with E-state index in [1.807, 2.05) is 97.1 Å². The molecule has 0 unspecified atom stereocenters. The molecule has 6 rings (SSSR count). The molecule has 17 nitrogen and oxygen atoms in total. The van der Waals surface area contributed by atoms with Gasteiger partial charge < -0.3 is 54.8 Å². The number of hydrogen-bond acceptors (Lipinski definition) is 8. The van der Waals surface area contributed by atoms with Crippen molar-refractivity contribution in [1.82, 2.24) is 31.9 Å². The molecule has 402 valence electrons. The van der Waals surface area contributed by atoms with Crippen LogP contribution in [0.5, 0.6) is 0 Å². The van der Waals surface area contributed by atoms with E-state index in [1.54, 1.807) is 48.5 Å². The molecule has 5 atom stereocenters. The van der Waals surface area contributed by atoms with Crippen molar-refractivity contribution in [3.8, 4) is 33.4 Å². The van der Waals surface area contributed by atoms with E-state index >= 15 is 0 Å². The Labute approximate surface area is 462 Å². The fourth-order valence-corrected chi connectivity index (χ4v) is 8.75. The van der Waals surface area contributed by atoms with Gasteiger partial charge in [0, 0.05) is 41.0 Å². The van der Waals surface area contributed by atoms with E-state index in [1.165, 1.54) is 0 Å². The van der Waals surface area contributed by atoms with Gasteiger partial charge in [0.15, 0.2) is 11.9 Å². The van der Waals surface area contributed by atoms with Crippen LogP contribution in [0.2, 0.25) is 15.1 Å². The Morgan fingerprint density at radius 1 is 0.390 bits per heavy atom. The lowest BCUT2D eigenvalue weighted by molar-refractivity contribution is -0.134. The molecule has 0 heterocycles. The number of carbonyl (C=O) groups excluding carboxylic acids is 5. The maximum absolute atomic E-state index is 14.7. The fraction of sp³-hybridized carbons (Fsp3) is 0.246. The van der Waals surface area contributed by atoms with E-state index in [2.05, 4.69) is 31.9 Å². The molecular formula is C57H63Cl3N12O5. The minimum atomic E-state index is -1.33. The van der Waals surface area contributed by atoms with E-state index < -0.39 is 59.7 Å². The number of carbonyl (C=O) groups is 5. The molecular weight excluding hydrogens is 1040 g/mol. The van der Waals surface area contributed by atoms with Crippen LogP contribution in [0.25, 0.3) is 33.4 Å². The van der Waals surface area contributed by atoms with Gasteiger partial charge >= 0.3 is 0 Å². The monoisotopic (exact) mass is 1100 g/mol. The van der Waals surface area contributed by atoms with Crippen molar-refractivity contribution in [3.63, 3.8) is 0 Å². The molecule has 0 aliphatic heterocycles. The first-order valence-electron chi connectivity index (χ1n) is 24.9. The lowest BCUT2D eigenvalue weighted by atomic mass is 9.99. The number of guanidine groups is 2. The highest BCUT2D eigenvalue weighted by Crippen LogP contribution is 2.25. The number of primary amides is 1. The van der Waals surface area contributed by atoms with Crippen LogP contribution in [0, 0.1) is 10.8 Å². The van der Waals surface area contributed by atoms with Crippen molar-refractivity contribution >= 4 is 76.3 Å². The first-order chi connectivity index (χ1) is 36.9. The molecule has 0 aliphatic carbocycles. The second-order valence-electron chi connectivity index (χ2n) is 18.4. The second kappa shape index (κ2) is 28.8. The van der Waals surface area contributed by atoms with Gasteiger partial charge in [0.2, 0.25) is 29.5 Å². The minimum Gasteiger partial charge on any atom is -0.370 e. The largest absolute Gasteiger partial charge is 0.370 e. The van der Waals surface area contributed by atoms with Crippen LogP contribution in [0.15, 0.2) is 146 Å². The maximum atomic E-state index is 14.7. The van der Waals surface area contributed by atoms with Gasteiger partial charge in [-0.05, 0) is 119 Å². The summed E-state index contributed by atoms with van der Waals surface area (Å²) in [6.45, 7) is 0.367. The number of halogens is 3. The third-order valence-corrected chi connectivity index (χ3v) is 13.4. The molecule has 0 bridgehead atoms. The lowest BCUT2D eigenvalue weighted by Crippen LogP contribution is -2.59. The topological polar surface area (TPSA) is 309 Å². The zero-order valence-corrected chi connectivity index (χ0v) is 44.4. The highest BCUT2D eigenvalue weighted by atomic mass is 35.5. The molecule has 0 fully saturated rings. The van der Waals surface area contributed by atoms with Crippen molar-refractivity contribution < 1.29 is 24.0 Å². The van der Waals surface area contributed by atoms with E-state index in [0.717, 1.165) is 38.9 Å². The van der Waals surface area contributed by atoms with Crippen molar-refractivity contribution in [2.24, 2.45) is 22.9 Å². The van der Waals surface area contributed by atoms with Gasteiger partial charge in [0.05, 0.1) is 6.04 Å². The summed E-state index contributed by atoms with van der Waals surface area (Å²) < 4.78 is 0. The standard InChI is InChI=1S/C57H63Cl3N12O5/c58-43-23-17-40(18-24-43)37-11-5-34(6-12-37)31-46(61)52(74)69-47(3-1-29-67-56(63)64)54(76)72-50(33-36-9-15-39(16-10-36)42-21-27-45(60)28-22-42)55(77)70-48(4-2-30-68-57(65)66)53(75)71-49(51(62)73)32-35-7-13-38(14-8-35)41-19-25-44(59)26-20-41/h5-28,46-50H,1-4,29-33,61H2,(H2,62,73)(H,69,74)(H,70,77)(H,71,75)(H,72,76)(H4,63,64,67)(H4,65,66,68)/t46-,47-,48-,49-,50-/m1/s1. The van der Waals surface area contributed by atoms with Crippen molar-refractivity contribution in [2.45, 2.75) is 75.2 Å². The summed E-state index contributed by atoms with van der Waals surface area (Å²) in [5.74, 6) is -4.20. The third-order valence-electron chi connectivity index (χ3n) is 12.6. The van der Waals surface area contributed by atoms with Crippen LogP contribution in [-0.4, -0.2) is 84.8 Å². The molecule has 0 saturated heterocycles. The van der Waals surface area contributed by atoms with Crippen LogP contribution >= 0.6 is 34.8 Å². The van der Waals surface area contributed by atoms with Gasteiger partial charge in [0.1, 0.15) is 24.2 Å². The third kappa shape index (κ3) is 18.7. The predicted octanol–water partition coefficient (Wildman–Crippen LogP) is 5.95. The number of rotatable bonds is 26. The first-order valence-corrected chi connectivity index (χ1v) is 26.0. The number of hydrogen-bond donors (Lipinski definition) is 12. The average molecular weight is 1100 g/mol. The lowest BCUT2D eigenvalue weighted by Gasteiger charge is -2.27. The predicted molar refractivity (Wildman–Crippen MR) is 305 cm³/mol. The molecule has 5 amide bonds. The van der Waals surface area contributed by atoms with E-state index in [-0.39, 0.29) is 70.0 Å². The Hall–Kier alpha value is -7.96. The van der Waals surface area contributed by atoms with Gasteiger partial charge in [-0.15, -0.1) is 0 Å². The number of nitrogens with two attached hydrogens (primary N) is 4. The van der Waals surface area contributed by atoms with Gasteiger partial charge in [0.25, 0.3) is 0 Å². The van der Waals surface area contributed by atoms with Gasteiger partial charge in [-0.2, -0.15) is 0 Å². The summed E-state index contributed by atoms with van der Waals surface area (Å²) in [5, 5.41) is 33.6. The zero-order valence-electron chi connectivity index (χ0n) is 42.1. The maximum Gasteiger partial charge on any atom is 0.243 e. The van der Waals surface area contributed by atoms with E-state index in [4.69, 9.17) is 68.6 Å². The SMILES string of the molecule is N=C(N)NCCC[C@@H](NC(=O)[C@H](N)Cc1ccc(-c2ccc(Cl)cc2)cc1)C(=O)N[C@H](Cc1ccc(-c2ccc(Cl)cc2)cc1)C(=O)N[C@H](CCCNC(=N)N)C(=O)N[C@H](Cc1ccc(-c2ccc(Cl)cc2)cc1)C(N)=O. The Kier molecular flexibility index (Phi) is 21.8. The van der Waals surface area contributed by atoms with Crippen molar-refractivity contribution in [1.29, 1.82) is 10.8 Å². The minimum absolute atomic E-state index is 0.0130. The fourth-order valence-electron chi connectivity index (χ4n) is 8.37. The molecule has 6 aromatic carbocycles. The van der Waals surface area contributed by atoms with Crippen LogP contribution in [0.3, 0.4) is 0 Å². The smallest absolute Gasteiger partial charge is 0.243 e. The van der Waals surface area contributed by atoms with Gasteiger partial charge in [-0.3, -0.25) is 34.8 Å². The van der Waals surface area contributed by atoms with Crippen LogP contribution in [-0.2, 0) is 43.2 Å².